The van der Waals surface area contributed by atoms with E-state index in [-0.39, 0.29) is 5.88 Å². The van der Waals surface area contributed by atoms with Crippen molar-refractivity contribution in [2.45, 2.75) is 0 Å². The van der Waals surface area contributed by atoms with Gasteiger partial charge in [0.1, 0.15) is 5.69 Å². The van der Waals surface area contributed by atoms with Gasteiger partial charge in [0.2, 0.25) is 5.88 Å². The third-order valence-electron chi connectivity index (χ3n) is 1.82. The van der Waals surface area contributed by atoms with Crippen LogP contribution in [0.15, 0.2) is 24.5 Å². The van der Waals surface area contributed by atoms with Gasteiger partial charge in [-0.05, 0) is 12.1 Å². The zero-order valence-corrected chi connectivity index (χ0v) is 8.23. The first-order valence-corrected chi connectivity index (χ1v) is 4.39. The lowest BCUT2D eigenvalue weighted by atomic mass is 10.3. The van der Waals surface area contributed by atoms with E-state index in [9.17, 15) is 0 Å². The average Bonchev–Trinajstić information content (AvgIpc) is 2.47. The van der Waals surface area contributed by atoms with E-state index in [0.29, 0.717) is 16.5 Å². The molecular weight excluding hydrogens is 202 g/mol. The molecule has 0 saturated carbocycles. The Morgan fingerprint density at radius 3 is 2.71 bits per heavy atom. The molecule has 4 nitrogen and oxygen atoms in total. The summed E-state index contributed by atoms with van der Waals surface area (Å²) >= 11 is 5.71. The van der Waals surface area contributed by atoms with E-state index in [0.717, 1.165) is 0 Å². The van der Waals surface area contributed by atoms with Gasteiger partial charge in [0.05, 0.1) is 11.2 Å². The highest BCUT2D eigenvalue weighted by Crippen LogP contribution is 2.19. The second kappa shape index (κ2) is 3.31. The summed E-state index contributed by atoms with van der Waals surface area (Å²) < 4.78 is 1.70. The summed E-state index contributed by atoms with van der Waals surface area (Å²) in [7, 11) is 1.79. The van der Waals surface area contributed by atoms with Gasteiger partial charge < -0.3 is 9.67 Å². The van der Waals surface area contributed by atoms with E-state index in [1.165, 1.54) is 6.20 Å². The fourth-order valence-corrected chi connectivity index (χ4v) is 1.31. The lowest BCUT2D eigenvalue weighted by Gasteiger charge is -1.99. The first-order chi connectivity index (χ1) is 6.66. The van der Waals surface area contributed by atoms with Crippen molar-refractivity contribution in [3.63, 3.8) is 0 Å². The molecule has 0 radical (unpaired) electrons. The number of aromatic hydroxyl groups is 1. The molecule has 2 aromatic heterocycles. The Kier molecular flexibility index (Phi) is 2.13. The Balaban J connectivity index is 2.49. The number of imidazole rings is 1. The third-order valence-corrected chi connectivity index (χ3v) is 2.04. The molecule has 1 N–H and O–H groups in total. The van der Waals surface area contributed by atoms with Crippen LogP contribution in [0.1, 0.15) is 0 Å². The maximum Gasteiger partial charge on any atom is 0.229 e. The van der Waals surface area contributed by atoms with Crippen LogP contribution < -0.4 is 0 Å². The zero-order valence-electron chi connectivity index (χ0n) is 7.48. The Hall–Kier alpha value is -1.55. The van der Waals surface area contributed by atoms with Crippen molar-refractivity contribution in [2.24, 2.45) is 7.05 Å². The van der Waals surface area contributed by atoms with Crippen LogP contribution in [-0.4, -0.2) is 19.6 Å². The molecule has 0 atom stereocenters. The minimum Gasteiger partial charge on any atom is -0.492 e. The molecule has 0 aromatic carbocycles. The van der Waals surface area contributed by atoms with Gasteiger partial charge in [-0.1, -0.05) is 11.6 Å². The Morgan fingerprint density at radius 2 is 2.21 bits per heavy atom. The molecule has 72 valence electrons. The van der Waals surface area contributed by atoms with Gasteiger partial charge in [-0.15, -0.1) is 0 Å². The number of hydrogen-bond donors (Lipinski definition) is 1. The zero-order chi connectivity index (χ0) is 10.1. The molecule has 0 fully saturated rings. The first-order valence-electron chi connectivity index (χ1n) is 4.01. The second-order valence-electron chi connectivity index (χ2n) is 2.90. The van der Waals surface area contributed by atoms with Crippen LogP contribution in [0.4, 0.5) is 0 Å². The van der Waals surface area contributed by atoms with E-state index >= 15 is 0 Å². The van der Waals surface area contributed by atoms with Gasteiger partial charge in [-0.25, -0.2) is 0 Å². The fraction of sp³-hybridized carbons (Fsp3) is 0.111. The molecule has 0 amide bonds. The Morgan fingerprint density at radius 1 is 1.43 bits per heavy atom. The minimum atomic E-state index is -0.0146. The predicted octanol–water partition coefficient (Wildman–Crippen LogP) is 1.84. The van der Waals surface area contributed by atoms with Crippen LogP contribution >= 0.6 is 11.6 Å². The van der Waals surface area contributed by atoms with Crippen molar-refractivity contribution in [3.8, 4) is 17.4 Å². The highest BCUT2D eigenvalue weighted by atomic mass is 35.5. The molecule has 0 aliphatic rings. The molecule has 0 spiro atoms. The Labute approximate surface area is 85.8 Å². The molecule has 0 aliphatic carbocycles. The predicted molar refractivity (Wildman–Crippen MR) is 53.1 cm³/mol. The van der Waals surface area contributed by atoms with Crippen molar-refractivity contribution in [3.05, 3.63) is 29.5 Å². The van der Waals surface area contributed by atoms with Gasteiger partial charge >= 0.3 is 0 Å². The molecule has 0 bridgehead atoms. The molecule has 5 heteroatoms. The van der Waals surface area contributed by atoms with Crippen LogP contribution in [0.5, 0.6) is 5.88 Å². The third kappa shape index (κ3) is 1.56. The lowest BCUT2D eigenvalue weighted by molar-refractivity contribution is 0.456. The molecule has 0 aliphatic heterocycles. The standard InChI is InChI=1S/C9H8ClN3O/c1-13-5-8(14)12-9(13)7-3-2-6(10)4-11-7/h2-5,14H,1H3. The van der Waals surface area contributed by atoms with Gasteiger partial charge in [-0.2, -0.15) is 4.98 Å². The maximum absolute atomic E-state index is 9.16. The van der Waals surface area contributed by atoms with Crippen molar-refractivity contribution in [1.82, 2.24) is 14.5 Å². The number of halogens is 1. The number of pyridine rings is 1. The monoisotopic (exact) mass is 209 g/mol. The second-order valence-corrected chi connectivity index (χ2v) is 3.33. The summed E-state index contributed by atoms with van der Waals surface area (Å²) in [6, 6.07) is 3.49. The molecule has 2 aromatic rings. The van der Waals surface area contributed by atoms with Crippen molar-refractivity contribution >= 4 is 11.6 Å². The SMILES string of the molecule is Cn1cc(O)nc1-c1ccc(Cl)cn1. The summed E-state index contributed by atoms with van der Waals surface area (Å²) in [5.74, 6) is 0.596. The topological polar surface area (TPSA) is 50.9 Å². The Bertz CT molecular complexity index is 450. The fourth-order valence-electron chi connectivity index (χ4n) is 1.20. The van der Waals surface area contributed by atoms with Gasteiger partial charge in [0, 0.05) is 13.2 Å². The lowest BCUT2D eigenvalue weighted by Crippen LogP contribution is -1.92. The maximum atomic E-state index is 9.16. The summed E-state index contributed by atoms with van der Waals surface area (Å²) in [4.78, 5) is 8.02. The number of aromatic nitrogens is 3. The van der Waals surface area contributed by atoms with E-state index in [1.54, 1.807) is 29.9 Å². The van der Waals surface area contributed by atoms with Gasteiger partial charge in [0.15, 0.2) is 5.82 Å². The summed E-state index contributed by atoms with van der Waals surface area (Å²) in [5.41, 5.74) is 0.678. The first kappa shape index (κ1) is 9.02. The number of aryl methyl sites for hydroxylation is 1. The van der Waals surface area contributed by atoms with Crippen LogP contribution in [0, 0.1) is 0 Å². The van der Waals surface area contributed by atoms with Crippen LogP contribution in [0.2, 0.25) is 5.02 Å². The largest absolute Gasteiger partial charge is 0.492 e. The van der Waals surface area contributed by atoms with E-state index < -0.39 is 0 Å². The summed E-state index contributed by atoms with van der Waals surface area (Å²) in [6.45, 7) is 0. The van der Waals surface area contributed by atoms with E-state index in [4.69, 9.17) is 16.7 Å². The van der Waals surface area contributed by atoms with Gasteiger partial charge in [-0.3, -0.25) is 4.98 Å². The molecule has 0 unspecified atom stereocenters. The molecule has 0 saturated heterocycles. The normalized spacial score (nSPS) is 10.4. The molecular formula is C9H8ClN3O. The molecule has 2 heterocycles. The quantitative estimate of drug-likeness (QED) is 0.780. The van der Waals surface area contributed by atoms with Crippen LogP contribution in [0.25, 0.3) is 11.5 Å². The van der Waals surface area contributed by atoms with Crippen molar-refractivity contribution in [2.75, 3.05) is 0 Å². The molecule has 14 heavy (non-hydrogen) atoms. The molecule has 2 rings (SSSR count). The average molecular weight is 210 g/mol. The minimum absolute atomic E-state index is 0.0146. The smallest absolute Gasteiger partial charge is 0.229 e. The highest BCUT2D eigenvalue weighted by molar-refractivity contribution is 6.30. The highest BCUT2D eigenvalue weighted by Gasteiger charge is 2.07. The van der Waals surface area contributed by atoms with Crippen molar-refractivity contribution < 1.29 is 5.11 Å². The summed E-state index contributed by atoms with van der Waals surface area (Å²) in [5, 5.41) is 9.74. The van der Waals surface area contributed by atoms with E-state index in [1.807, 2.05) is 0 Å². The number of nitrogens with zero attached hydrogens (tertiary/aromatic N) is 3. The summed E-state index contributed by atoms with van der Waals surface area (Å²) in [6.07, 6.45) is 3.06. The van der Waals surface area contributed by atoms with Crippen LogP contribution in [-0.2, 0) is 7.05 Å². The number of hydrogen-bond acceptors (Lipinski definition) is 3. The number of rotatable bonds is 1. The van der Waals surface area contributed by atoms with Crippen LogP contribution in [0.3, 0.4) is 0 Å². The van der Waals surface area contributed by atoms with Crippen molar-refractivity contribution in [1.29, 1.82) is 0 Å². The van der Waals surface area contributed by atoms with E-state index in [2.05, 4.69) is 9.97 Å². The van der Waals surface area contributed by atoms with Gasteiger partial charge in [0.25, 0.3) is 0 Å².